The van der Waals surface area contributed by atoms with E-state index in [1.165, 1.54) is 30.4 Å². The van der Waals surface area contributed by atoms with E-state index in [0.29, 0.717) is 5.41 Å². The van der Waals surface area contributed by atoms with Crippen LogP contribution in [-0.2, 0) is 12.8 Å². The molecule has 0 heteroatoms. The molecule has 1 aliphatic rings. The maximum atomic E-state index is 3.15. The summed E-state index contributed by atoms with van der Waals surface area (Å²) in [6, 6.07) is 9.54. The van der Waals surface area contributed by atoms with Crippen LogP contribution in [-0.4, -0.2) is 0 Å². The van der Waals surface area contributed by atoms with E-state index < -0.39 is 0 Å². The molecule has 0 spiro atoms. The summed E-state index contributed by atoms with van der Waals surface area (Å²) in [6.45, 7) is 4.71. The van der Waals surface area contributed by atoms with Crippen molar-refractivity contribution in [3.63, 3.8) is 0 Å². The van der Waals surface area contributed by atoms with Crippen molar-refractivity contribution in [2.24, 2.45) is 5.41 Å². The Hall–Kier alpha value is -0.780. The lowest BCUT2D eigenvalue weighted by Gasteiger charge is -2.30. The highest BCUT2D eigenvalue weighted by molar-refractivity contribution is 5.29. The second-order valence-electron chi connectivity index (χ2n) is 4.54. The van der Waals surface area contributed by atoms with Crippen LogP contribution in [0.3, 0.4) is 0 Å². The topological polar surface area (TPSA) is 0 Å². The molecular formula is C12H15. The summed E-state index contributed by atoms with van der Waals surface area (Å²) < 4.78 is 0. The molecule has 0 atom stereocenters. The minimum Gasteiger partial charge on any atom is -0.0596 e. The molecule has 1 aromatic rings. The molecule has 0 aromatic heterocycles. The van der Waals surface area contributed by atoms with Crippen molar-refractivity contribution in [3.05, 3.63) is 35.4 Å². The fraction of sp³-hybridized carbons (Fsp3) is 0.500. The molecule has 63 valence electrons. The van der Waals surface area contributed by atoms with Crippen LogP contribution < -0.4 is 0 Å². The van der Waals surface area contributed by atoms with Gasteiger partial charge in [-0.05, 0) is 41.9 Å². The summed E-state index contributed by atoms with van der Waals surface area (Å²) in [7, 11) is 0. The smallest absolute Gasteiger partial charge is 0.0181 e. The Morgan fingerprint density at radius 1 is 1.33 bits per heavy atom. The van der Waals surface area contributed by atoms with Gasteiger partial charge in [-0.1, -0.05) is 32.0 Å². The van der Waals surface area contributed by atoms with Gasteiger partial charge in [0, 0.05) is 0 Å². The van der Waals surface area contributed by atoms with Crippen molar-refractivity contribution in [3.8, 4) is 0 Å². The molecule has 1 radical (unpaired) electrons. The second kappa shape index (κ2) is 2.62. The van der Waals surface area contributed by atoms with Gasteiger partial charge in [0.1, 0.15) is 0 Å². The minimum absolute atomic E-state index is 0.508. The van der Waals surface area contributed by atoms with E-state index >= 15 is 0 Å². The third kappa shape index (κ3) is 1.38. The zero-order valence-electron chi connectivity index (χ0n) is 7.85. The number of rotatable bonds is 0. The predicted molar refractivity (Wildman–Crippen MR) is 51.1 cm³/mol. The van der Waals surface area contributed by atoms with Crippen LogP contribution in [0.25, 0.3) is 0 Å². The SMILES string of the molecule is CC1(C)CCc2c[c]ccc2C1. The first-order chi connectivity index (χ1) is 5.67. The van der Waals surface area contributed by atoms with Crippen molar-refractivity contribution in [2.45, 2.75) is 33.1 Å². The molecule has 1 aliphatic carbocycles. The Labute approximate surface area is 74.6 Å². The molecule has 2 rings (SSSR count). The van der Waals surface area contributed by atoms with Gasteiger partial charge >= 0.3 is 0 Å². The molecule has 0 bridgehead atoms. The quantitative estimate of drug-likeness (QED) is 0.546. The predicted octanol–water partition coefficient (Wildman–Crippen LogP) is 3.00. The van der Waals surface area contributed by atoms with Crippen LogP contribution >= 0.6 is 0 Å². The Balaban J connectivity index is 2.35. The van der Waals surface area contributed by atoms with Gasteiger partial charge in [-0.3, -0.25) is 0 Å². The number of fused-ring (bicyclic) bond motifs is 1. The molecule has 0 fully saturated rings. The maximum absolute atomic E-state index is 3.15. The Morgan fingerprint density at radius 3 is 3.00 bits per heavy atom. The van der Waals surface area contributed by atoms with Gasteiger partial charge in [0.15, 0.2) is 0 Å². The van der Waals surface area contributed by atoms with Gasteiger partial charge in [0.25, 0.3) is 0 Å². The van der Waals surface area contributed by atoms with Crippen LogP contribution in [0.1, 0.15) is 31.4 Å². The summed E-state index contributed by atoms with van der Waals surface area (Å²) in [5, 5.41) is 0. The zero-order valence-corrected chi connectivity index (χ0v) is 7.85. The minimum atomic E-state index is 0.508. The first-order valence-corrected chi connectivity index (χ1v) is 4.65. The average molecular weight is 159 g/mol. The lowest BCUT2D eigenvalue weighted by molar-refractivity contribution is 0.315. The van der Waals surface area contributed by atoms with Crippen LogP contribution in [0.15, 0.2) is 18.2 Å². The highest BCUT2D eigenvalue weighted by Crippen LogP contribution is 2.34. The molecular weight excluding hydrogens is 144 g/mol. The van der Waals surface area contributed by atoms with Crippen molar-refractivity contribution < 1.29 is 0 Å². The zero-order chi connectivity index (χ0) is 8.60. The first-order valence-electron chi connectivity index (χ1n) is 4.65. The standard InChI is InChI=1S/C12H15/c1-12(2)8-7-10-5-3-4-6-11(10)9-12/h4-6H,7-9H2,1-2H3. The fourth-order valence-corrected chi connectivity index (χ4v) is 1.98. The third-order valence-electron chi connectivity index (χ3n) is 2.79. The largest absolute Gasteiger partial charge is 0.0596 e. The van der Waals surface area contributed by atoms with Gasteiger partial charge in [0.2, 0.25) is 0 Å². The summed E-state index contributed by atoms with van der Waals surface area (Å²) >= 11 is 0. The van der Waals surface area contributed by atoms with Gasteiger partial charge in [-0.15, -0.1) is 0 Å². The van der Waals surface area contributed by atoms with E-state index in [2.05, 4.69) is 32.0 Å². The van der Waals surface area contributed by atoms with E-state index in [0.717, 1.165) is 0 Å². The number of benzene rings is 1. The van der Waals surface area contributed by atoms with E-state index in [4.69, 9.17) is 0 Å². The normalized spacial score (nSPS) is 20.2. The van der Waals surface area contributed by atoms with Crippen molar-refractivity contribution in [1.29, 1.82) is 0 Å². The molecule has 0 saturated carbocycles. The summed E-state index contributed by atoms with van der Waals surface area (Å²) in [4.78, 5) is 0. The van der Waals surface area contributed by atoms with Crippen LogP contribution in [0.4, 0.5) is 0 Å². The molecule has 0 heterocycles. The molecule has 0 unspecified atom stereocenters. The van der Waals surface area contributed by atoms with Gasteiger partial charge in [-0.25, -0.2) is 0 Å². The fourth-order valence-electron chi connectivity index (χ4n) is 1.98. The molecule has 0 amide bonds. The molecule has 0 aliphatic heterocycles. The van der Waals surface area contributed by atoms with E-state index in [9.17, 15) is 0 Å². The molecule has 0 nitrogen and oxygen atoms in total. The summed E-state index contributed by atoms with van der Waals surface area (Å²) in [5.41, 5.74) is 3.55. The molecule has 0 saturated heterocycles. The van der Waals surface area contributed by atoms with Crippen molar-refractivity contribution >= 4 is 0 Å². The van der Waals surface area contributed by atoms with E-state index in [1.807, 2.05) is 6.07 Å². The molecule has 1 aromatic carbocycles. The monoisotopic (exact) mass is 159 g/mol. The van der Waals surface area contributed by atoms with Crippen molar-refractivity contribution in [2.75, 3.05) is 0 Å². The van der Waals surface area contributed by atoms with Crippen LogP contribution in [0.2, 0.25) is 0 Å². The average Bonchev–Trinajstić information content (AvgIpc) is 2.02. The lowest BCUT2D eigenvalue weighted by atomic mass is 9.74. The van der Waals surface area contributed by atoms with Crippen LogP contribution in [0.5, 0.6) is 0 Å². The highest BCUT2D eigenvalue weighted by atomic mass is 14.3. The molecule has 0 N–H and O–H groups in total. The molecule has 12 heavy (non-hydrogen) atoms. The van der Waals surface area contributed by atoms with E-state index in [-0.39, 0.29) is 0 Å². The Kier molecular flexibility index (Phi) is 1.71. The summed E-state index contributed by atoms with van der Waals surface area (Å²) in [5.74, 6) is 0. The van der Waals surface area contributed by atoms with Crippen molar-refractivity contribution in [1.82, 2.24) is 0 Å². The Morgan fingerprint density at radius 2 is 2.17 bits per heavy atom. The van der Waals surface area contributed by atoms with Gasteiger partial charge in [0.05, 0.1) is 0 Å². The third-order valence-corrected chi connectivity index (χ3v) is 2.79. The maximum Gasteiger partial charge on any atom is -0.0181 e. The first kappa shape index (κ1) is 7.85. The van der Waals surface area contributed by atoms with E-state index in [1.54, 1.807) is 0 Å². The summed E-state index contributed by atoms with van der Waals surface area (Å²) in [6.07, 6.45) is 3.79. The number of hydrogen-bond acceptors (Lipinski definition) is 0. The highest BCUT2D eigenvalue weighted by Gasteiger charge is 2.24. The lowest BCUT2D eigenvalue weighted by Crippen LogP contribution is -2.21. The number of aryl methyl sites for hydroxylation is 1. The van der Waals surface area contributed by atoms with Crippen LogP contribution in [0, 0.1) is 11.5 Å². The van der Waals surface area contributed by atoms with Gasteiger partial charge in [-0.2, -0.15) is 0 Å². The Bertz CT molecular complexity index is 284. The second-order valence-corrected chi connectivity index (χ2v) is 4.54. The van der Waals surface area contributed by atoms with Gasteiger partial charge < -0.3 is 0 Å². The number of hydrogen-bond donors (Lipinski definition) is 0.